The first-order valence-corrected chi connectivity index (χ1v) is 7.06. The largest absolute Gasteiger partial charge is 0.303 e. The van der Waals surface area contributed by atoms with Crippen molar-refractivity contribution < 1.29 is 0 Å². The number of unbranched alkanes of at least 4 members (excludes halogenated alkanes) is 1. The molecular formula is C12H26BrN. The summed E-state index contributed by atoms with van der Waals surface area (Å²) in [6.45, 7) is 12.9. The van der Waals surface area contributed by atoms with Gasteiger partial charge in [-0.05, 0) is 31.3 Å². The average Bonchev–Trinajstić information content (AvgIpc) is 2.18. The fourth-order valence-corrected chi connectivity index (χ4v) is 2.48. The normalized spacial score (nSPS) is 13.9. The van der Waals surface area contributed by atoms with E-state index < -0.39 is 0 Å². The summed E-state index contributed by atoms with van der Waals surface area (Å²) >= 11 is 3.62. The van der Waals surface area contributed by atoms with Gasteiger partial charge in [-0.3, -0.25) is 0 Å². The molecule has 0 bridgehead atoms. The summed E-state index contributed by atoms with van der Waals surface area (Å²) in [6, 6.07) is 0. The summed E-state index contributed by atoms with van der Waals surface area (Å²) in [5.74, 6) is 1.58. The van der Waals surface area contributed by atoms with Crippen LogP contribution in [-0.2, 0) is 0 Å². The van der Waals surface area contributed by atoms with Crippen LogP contribution in [0.1, 0.15) is 40.5 Å². The molecule has 14 heavy (non-hydrogen) atoms. The van der Waals surface area contributed by atoms with Gasteiger partial charge in [0.15, 0.2) is 0 Å². The molecule has 0 aromatic heterocycles. The molecular weight excluding hydrogens is 238 g/mol. The molecule has 1 unspecified atom stereocenters. The minimum absolute atomic E-state index is 0.782. The highest BCUT2D eigenvalue weighted by Gasteiger charge is 2.14. The van der Waals surface area contributed by atoms with E-state index in [4.69, 9.17) is 0 Å². The van der Waals surface area contributed by atoms with Crippen LogP contribution in [0.15, 0.2) is 0 Å². The molecule has 0 aromatic carbocycles. The molecule has 0 aromatic rings. The summed E-state index contributed by atoms with van der Waals surface area (Å²) in [4.78, 5) is 2.58. The maximum atomic E-state index is 3.62. The zero-order chi connectivity index (χ0) is 11.0. The molecule has 0 saturated heterocycles. The molecule has 0 spiro atoms. The van der Waals surface area contributed by atoms with Crippen molar-refractivity contribution in [3.05, 3.63) is 0 Å². The van der Waals surface area contributed by atoms with Gasteiger partial charge in [0.05, 0.1) is 0 Å². The van der Waals surface area contributed by atoms with Crippen molar-refractivity contribution in [2.24, 2.45) is 11.8 Å². The lowest BCUT2D eigenvalue weighted by Crippen LogP contribution is -2.33. The smallest absolute Gasteiger partial charge is 0.00743 e. The maximum absolute atomic E-state index is 3.62. The van der Waals surface area contributed by atoms with Crippen LogP contribution in [-0.4, -0.2) is 29.9 Å². The van der Waals surface area contributed by atoms with Crippen LogP contribution in [0.5, 0.6) is 0 Å². The molecule has 0 N–H and O–H groups in total. The van der Waals surface area contributed by atoms with Crippen molar-refractivity contribution in [1.29, 1.82) is 0 Å². The highest BCUT2D eigenvalue weighted by molar-refractivity contribution is 9.09. The second-order valence-corrected chi connectivity index (χ2v) is 5.05. The lowest BCUT2D eigenvalue weighted by Gasteiger charge is -2.27. The maximum Gasteiger partial charge on any atom is 0.00743 e. The van der Waals surface area contributed by atoms with Gasteiger partial charge in [-0.25, -0.2) is 0 Å². The van der Waals surface area contributed by atoms with Crippen molar-refractivity contribution >= 4 is 15.9 Å². The van der Waals surface area contributed by atoms with Crippen molar-refractivity contribution in [3.8, 4) is 0 Å². The van der Waals surface area contributed by atoms with Gasteiger partial charge >= 0.3 is 0 Å². The fourth-order valence-electron chi connectivity index (χ4n) is 1.53. The summed E-state index contributed by atoms with van der Waals surface area (Å²) in [6.07, 6.45) is 2.64. The van der Waals surface area contributed by atoms with Crippen LogP contribution in [0.2, 0.25) is 0 Å². The Bertz CT molecular complexity index is 125. The molecule has 0 fully saturated rings. The van der Waals surface area contributed by atoms with Gasteiger partial charge in [-0.1, -0.05) is 50.0 Å². The molecule has 0 saturated carbocycles. The Morgan fingerprint density at radius 1 is 1.21 bits per heavy atom. The Kier molecular flexibility index (Phi) is 9.00. The molecule has 0 radical (unpaired) electrons. The molecule has 2 heteroatoms. The second kappa shape index (κ2) is 8.72. The Labute approximate surface area is 98.4 Å². The first-order chi connectivity index (χ1) is 6.65. The Hall–Kier alpha value is 0.440. The van der Waals surface area contributed by atoms with E-state index in [2.05, 4.69) is 48.5 Å². The van der Waals surface area contributed by atoms with E-state index >= 15 is 0 Å². The summed E-state index contributed by atoms with van der Waals surface area (Å²) in [7, 11) is 0. The van der Waals surface area contributed by atoms with Crippen molar-refractivity contribution in [2.75, 3.05) is 25.0 Å². The molecule has 0 aliphatic carbocycles. The topological polar surface area (TPSA) is 3.24 Å². The zero-order valence-corrected chi connectivity index (χ0v) is 11.8. The van der Waals surface area contributed by atoms with E-state index in [0.29, 0.717) is 0 Å². The van der Waals surface area contributed by atoms with Gasteiger partial charge < -0.3 is 4.90 Å². The highest BCUT2D eigenvalue weighted by Crippen LogP contribution is 2.15. The predicted octanol–water partition coefficient (Wildman–Crippen LogP) is 3.78. The number of alkyl halides is 1. The summed E-state index contributed by atoms with van der Waals surface area (Å²) < 4.78 is 0. The Morgan fingerprint density at radius 2 is 1.86 bits per heavy atom. The van der Waals surface area contributed by atoms with Gasteiger partial charge in [0.2, 0.25) is 0 Å². The molecule has 86 valence electrons. The molecule has 0 heterocycles. The van der Waals surface area contributed by atoms with Crippen LogP contribution >= 0.6 is 15.9 Å². The van der Waals surface area contributed by atoms with E-state index in [1.807, 2.05) is 0 Å². The van der Waals surface area contributed by atoms with Crippen LogP contribution in [0, 0.1) is 11.8 Å². The molecule has 0 aliphatic rings. The van der Waals surface area contributed by atoms with E-state index in [9.17, 15) is 0 Å². The first-order valence-electron chi connectivity index (χ1n) is 5.93. The van der Waals surface area contributed by atoms with Crippen molar-refractivity contribution in [2.45, 2.75) is 40.5 Å². The Balaban J connectivity index is 3.87. The monoisotopic (exact) mass is 263 g/mol. The fraction of sp³-hybridized carbons (Fsp3) is 1.00. The van der Waals surface area contributed by atoms with Crippen molar-refractivity contribution in [3.63, 3.8) is 0 Å². The highest BCUT2D eigenvalue weighted by atomic mass is 79.9. The van der Waals surface area contributed by atoms with Crippen molar-refractivity contribution in [1.82, 2.24) is 4.90 Å². The molecule has 1 atom stereocenters. The number of halogens is 1. The number of hydrogen-bond acceptors (Lipinski definition) is 1. The van der Waals surface area contributed by atoms with Crippen LogP contribution in [0.3, 0.4) is 0 Å². The lowest BCUT2D eigenvalue weighted by molar-refractivity contribution is 0.221. The molecule has 0 amide bonds. The van der Waals surface area contributed by atoms with Gasteiger partial charge in [-0.15, -0.1) is 0 Å². The SMILES string of the molecule is CCCCN(CC)CC(CBr)C(C)C. The minimum Gasteiger partial charge on any atom is -0.303 e. The van der Waals surface area contributed by atoms with Gasteiger partial charge in [0, 0.05) is 11.9 Å². The van der Waals surface area contributed by atoms with Crippen LogP contribution in [0.25, 0.3) is 0 Å². The number of rotatable bonds is 8. The van der Waals surface area contributed by atoms with Crippen LogP contribution in [0.4, 0.5) is 0 Å². The molecule has 1 nitrogen and oxygen atoms in total. The molecule has 0 rings (SSSR count). The third kappa shape index (κ3) is 6.02. The first kappa shape index (κ1) is 14.4. The van der Waals surface area contributed by atoms with E-state index in [1.165, 1.54) is 32.5 Å². The minimum atomic E-state index is 0.782. The number of hydrogen-bond donors (Lipinski definition) is 0. The quantitative estimate of drug-likeness (QED) is 0.603. The average molecular weight is 264 g/mol. The summed E-state index contributed by atoms with van der Waals surface area (Å²) in [5, 5.41) is 1.13. The standard InChI is InChI=1S/C12H26BrN/c1-5-7-8-14(6-2)10-12(9-13)11(3)4/h11-12H,5-10H2,1-4H3. The number of nitrogens with zero attached hydrogens (tertiary/aromatic N) is 1. The second-order valence-electron chi connectivity index (χ2n) is 4.41. The summed E-state index contributed by atoms with van der Waals surface area (Å²) in [5.41, 5.74) is 0. The lowest BCUT2D eigenvalue weighted by atomic mass is 9.97. The van der Waals surface area contributed by atoms with Gasteiger partial charge in [0.25, 0.3) is 0 Å². The van der Waals surface area contributed by atoms with Gasteiger partial charge in [-0.2, -0.15) is 0 Å². The third-order valence-corrected chi connectivity index (χ3v) is 3.74. The van der Waals surface area contributed by atoms with E-state index in [-0.39, 0.29) is 0 Å². The zero-order valence-electron chi connectivity index (χ0n) is 10.2. The predicted molar refractivity (Wildman–Crippen MR) is 69.1 cm³/mol. The van der Waals surface area contributed by atoms with E-state index in [1.54, 1.807) is 0 Å². The third-order valence-electron chi connectivity index (χ3n) is 2.91. The molecule has 0 aliphatic heterocycles. The van der Waals surface area contributed by atoms with Gasteiger partial charge in [0.1, 0.15) is 0 Å². The van der Waals surface area contributed by atoms with E-state index in [0.717, 1.165) is 17.2 Å². The van der Waals surface area contributed by atoms with Crippen LogP contribution < -0.4 is 0 Å². The Morgan fingerprint density at radius 3 is 2.21 bits per heavy atom.